The monoisotopic (exact) mass is 590 g/mol. The summed E-state index contributed by atoms with van der Waals surface area (Å²) in [5.41, 5.74) is 6.73. The van der Waals surface area contributed by atoms with Gasteiger partial charge < -0.3 is 31.8 Å². The predicted octanol–water partition coefficient (Wildman–Crippen LogP) is 3.66. The van der Waals surface area contributed by atoms with Gasteiger partial charge in [0.05, 0.1) is 11.4 Å². The van der Waals surface area contributed by atoms with Crippen molar-refractivity contribution < 1.29 is 19.1 Å². The third kappa shape index (κ3) is 7.67. The second-order valence-electron chi connectivity index (χ2n) is 11.1. The first-order valence-corrected chi connectivity index (χ1v) is 14.7. The lowest BCUT2D eigenvalue weighted by atomic mass is 9.84. The highest BCUT2D eigenvalue weighted by Crippen LogP contribution is 2.31. The first-order chi connectivity index (χ1) is 20.1. The number of hydrogen-bond acceptors (Lipinski definition) is 7. The van der Waals surface area contributed by atoms with Crippen molar-refractivity contribution in [2.24, 2.45) is 16.7 Å². The summed E-state index contributed by atoms with van der Waals surface area (Å²) in [7, 11) is 0. The number of thiophene rings is 1. The molecule has 0 bridgehead atoms. The molecule has 1 aromatic heterocycles. The molecule has 1 aliphatic rings. The van der Waals surface area contributed by atoms with Crippen molar-refractivity contribution in [2.75, 3.05) is 6.54 Å². The summed E-state index contributed by atoms with van der Waals surface area (Å²) >= 11 is 1.38. The van der Waals surface area contributed by atoms with Gasteiger partial charge in [-0.15, -0.1) is 11.3 Å². The molecule has 222 valence electrons. The van der Waals surface area contributed by atoms with Gasteiger partial charge in [0.1, 0.15) is 17.7 Å². The van der Waals surface area contributed by atoms with Crippen LogP contribution < -0.4 is 22.2 Å². The minimum atomic E-state index is -1.02. The van der Waals surface area contributed by atoms with Gasteiger partial charge in [0, 0.05) is 17.3 Å². The van der Waals surface area contributed by atoms with Gasteiger partial charge in [0.15, 0.2) is 5.84 Å². The van der Waals surface area contributed by atoms with Gasteiger partial charge in [-0.25, -0.2) is 4.79 Å². The number of alkyl carbamates (subject to hydrolysis) is 1. The molecule has 4 rings (SSSR count). The van der Waals surface area contributed by atoms with Gasteiger partial charge in [-0.2, -0.15) is 5.10 Å². The van der Waals surface area contributed by atoms with E-state index in [1.165, 1.54) is 11.3 Å². The van der Waals surface area contributed by atoms with Gasteiger partial charge in [0.25, 0.3) is 0 Å². The van der Waals surface area contributed by atoms with E-state index in [1.807, 2.05) is 66.7 Å². The van der Waals surface area contributed by atoms with Crippen LogP contribution in [0.3, 0.4) is 0 Å². The summed E-state index contributed by atoms with van der Waals surface area (Å²) in [4.78, 5) is 44.0. The minimum Gasteiger partial charge on any atom is -0.444 e. The number of benzene rings is 2. The summed E-state index contributed by atoms with van der Waals surface area (Å²) in [6.45, 7) is 5.97. The van der Waals surface area contributed by atoms with E-state index in [4.69, 9.17) is 16.3 Å². The van der Waals surface area contributed by atoms with E-state index in [1.54, 1.807) is 31.7 Å². The standard InChI is InChI=1S/C31H38N6O4S/c1-31(2,3)41-30(40)35-26(25(20-11-6-4-7-12-20)21-13-8-5-9-14-21)29(39)37-18-10-15-23(37)28(38)34-19-22-16-17-24(42-22)27(32)36-33/h4-9,11-14,16-17,23,25-26H,10,15,18-19,33H2,1-3H3,(H2,32,36)(H,34,38)(H,35,40)/t23?,26-/m1/s1. The number of amidine groups is 1. The topological polar surface area (TPSA) is 152 Å². The molecule has 42 heavy (non-hydrogen) atoms. The van der Waals surface area contributed by atoms with Crippen molar-refractivity contribution in [2.45, 2.75) is 63.8 Å². The first-order valence-electron chi connectivity index (χ1n) is 13.9. The maximum absolute atomic E-state index is 14.4. The molecule has 1 unspecified atom stereocenters. The number of hydrogen-bond donors (Lipinski definition) is 4. The van der Waals surface area contributed by atoms with Crippen molar-refractivity contribution in [3.05, 3.63) is 93.7 Å². The number of likely N-dealkylation sites (tertiary alicyclic amines) is 1. The molecule has 10 nitrogen and oxygen atoms in total. The lowest BCUT2D eigenvalue weighted by molar-refractivity contribution is -0.140. The Balaban J connectivity index is 1.61. The fraction of sp³-hybridized carbons (Fsp3) is 0.355. The Hall–Kier alpha value is -4.38. The Morgan fingerprint density at radius 2 is 1.64 bits per heavy atom. The highest BCUT2D eigenvalue weighted by molar-refractivity contribution is 7.14. The van der Waals surface area contributed by atoms with E-state index >= 15 is 0 Å². The number of nitrogens with zero attached hydrogens (tertiary/aromatic N) is 2. The summed E-state index contributed by atoms with van der Waals surface area (Å²) in [5, 5.41) is 9.33. The van der Waals surface area contributed by atoms with Crippen molar-refractivity contribution in [3.63, 3.8) is 0 Å². The highest BCUT2D eigenvalue weighted by Gasteiger charge is 2.42. The predicted molar refractivity (Wildman–Crippen MR) is 164 cm³/mol. The Labute approximate surface area is 250 Å². The van der Waals surface area contributed by atoms with Gasteiger partial charge >= 0.3 is 6.09 Å². The molecule has 2 aromatic carbocycles. The fourth-order valence-corrected chi connectivity index (χ4v) is 5.92. The molecule has 1 saturated heterocycles. The molecule has 11 heteroatoms. The van der Waals surface area contributed by atoms with Crippen LogP contribution in [-0.4, -0.2) is 52.9 Å². The minimum absolute atomic E-state index is 0.222. The van der Waals surface area contributed by atoms with Crippen LogP contribution in [0, 0.1) is 0 Å². The van der Waals surface area contributed by atoms with E-state index < -0.39 is 29.7 Å². The van der Waals surface area contributed by atoms with Crippen LogP contribution in [0.1, 0.15) is 60.4 Å². The molecule has 2 heterocycles. The van der Waals surface area contributed by atoms with Crippen LogP contribution >= 0.6 is 11.3 Å². The average Bonchev–Trinajstić information content (AvgIpc) is 3.65. The van der Waals surface area contributed by atoms with Crippen LogP contribution in [0.15, 0.2) is 77.9 Å². The first kappa shape index (κ1) is 30.6. The zero-order valence-electron chi connectivity index (χ0n) is 24.1. The van der Waals surface area contributed by atoms with E-state index in [-0.39, 0.29) is 24.2 Å². The molecule has 2 atom stereocenters. The molecule has 0 spiro atoms. The quantitative estimate of drug-likeness (QED) is 0.129. The Morgan fingerprint density at radius 1 is 1.02 bits per heavy atom. The zero-order valence-corrected chi connectivity index (χ0v) is 24.9. The lowest BCUT2D eigenvalue weighted by Gasteiger charge is -2.34. The molecule has 1 aliphatic heterocycles. The molecule has 0 saturated carbocycles. The number of carbonyl (C=O) groups is 3. The van der Waals surface area contributed by atoms with Gasteiger partial charge in [-0.05, 0) is 56.9 Å². The van der Waals surface area contributed by atoms with Crippen molar-refractivity contribution in [3.8, 4) is 0 Å². The number of nitrogens with one attached hydrogen (secondary N) is 2. The second-order valence-corrected chi connectivity index (χ2v) is 12.3. The maximum atomic E-state index is 14.4. The summed E-state index contributed by atoms with van der Waals surface area (Å²) in [6.07, 6.45) is 0.476. The normalized spacial score (nSPS) is 16.2. The van der Waals surface area contributed by atoms with Gasteiger partial charge in [-0.1, -0.05) is 60.7 Å². The maximum Gasteiger partial charge on any atom is 0.408 e. The van der Waals surface area contributed by atoms with Crippen LogP contribution in [0.25, 0.3) is 0 Å². The summed E-state index contributed by atoms with van der Waals surface area (Å²) in [5.74, 6) is 4.37. The van der Waals surface area contributed by atoms with Crippen molar-refractivity contribution in [1.82, 2.24) is 15.5 Å². The summed E-state index contributed by atoms with van der Waals surface area (Å²) in [6, 6.07) is 21.1. The third-order valence-electron chi connectivity index (χ3n) is 6.92. The molecule has 1 fully saturated rings. The number of hydrazone groups is 1. The SMILES string of the molecule is CC(C)(C)OC(=O)N[C@@H](C(=O)N1CCCC1C(=O)NCc1ccc(C(N)=NN)s1)C(c1ccccc1)c1ccccc1. The lowest BCUT2D eigenvalue weighted by Crippen LogP contribution is -2.56. The van der Waals surface area contributed by atoms with Crippen LogP contribution in [0.5, 0.6) is 0 Å². The third-order valence-corrected chi connectivity index (χ3v) is 8.03. The number of carbonyl (C=O) groups excluding carboxylic acids is 3. The molecular formula is C31H38N6O4S. The van der Waals surface area contributed by atoms with Gasteiger partial charge in [0.2, 0.25) is 11.8 Å². The highest BCUT2D eigenvalue weighted by atomic mass is 32.1. The average molecular weight is 591 g/mol. The van der Waals surface area contributed by atoms with Crippen LogP contribution in [0.4, 0.5) is 4.79 Å². The van der Waals surface area contributed by atoms with E-state index in [9.17, 15) is 14.4 Å². The molecule has 6 N–H and O–H groups in total. The molecule has 0 aliphatic carbocycles. The number of amides is 3. The van der Waals surface area contributed by atoms with E-state index in [0.717, 1.165) is 16.0 Å². The largest absolute Gasteiger partial charge is 0.444 e. The van der Waals surface area contributed by atoms with Gasteiger partial charge in [-0.3, -0.25) is 9.59 Å². The van der Waals surface area contributed by atoms with Crippen LogP contribution in [0.2, 0.25) is 0 Å². The molecular weight excluding hydrogens is 552 g/mol. The van der Waals surface area contributed by atoms with Crippen molar-refractivity contribution >= 4 is 35.1 Å². The Bertz CT molecular complexity index is 1360. The number of nitrogens with two attached hydrogens (primary N) is 2. The summed E-state index contributed by atoms with van der Waals surface area (Å²) < 4.78 is 5.57. The molecule has 0 radical (unpaired) electrons. The zero-order chi connectivity index (χ0) is 30.3. The van der Waals surface area contributed by atoms with Crippen molar-refractivity contribution in [1.29, 1.82) is 0 Å². The number of ether oxygens (including phenoxy) is 1. The fourth-order valence-electron chi connectivity index (χ4n) is 5.07. The molecule has 3 amide bonds. The Morgan fingerprint density at radius 3 is 2.21 bits per heavy atom. The second kappa shape index (κ2) is 13.5. The van der Waals surface area contributed by atoms with Crippen LogP contribution in [-0.2, 0) is 20.9 Å². The Kier molecular flexibility index (Phi) is 9.84. The molecule has 3 aromatic rings. The smallest absolute Gasteiger partial charge is 0.408 e. The van der Waals surface area contributed by atoms with E-state index in [2.05, 4.69) is 15.7 Å². The number of rotatable bonds is 9. The van der Waals surface area contributed by atoms with E-state index in [0.29, 0.717) is 24.3 Å².